The van der Waals surface area contributed by atoms with E-state index in [1.54, 1.807) is 39.0 Å². The SMILES string of the molecule is CC(C)c1cc(OC(=O)C(C)(C)C)ccc1O. The number of aromatic hydroxyl groups is 1. The molecule has 0 aromatic heterocycles. The quantitative estimate of drug-likeness (QED) is 0.631. The van der Waals surface area contributed by atoms with E-state index in [9.17, 15) is 9.90 Å². The minimum atomic E-state index is -0.532. The number of rotatable bonds is 2. The van der Waals surface area contributed by atoms with E-state index in [0.717, 1.165) is 5.56 Å². The predicted octanol–water partition coefficient (Wildman–Crippen LogP) is 3.47. The molecule has 0 saturated heterocycles. The summed E-state index contributed by atoms with van der Waals surface area (Å²) in [7, 11) is 0. The number of esters is 1. The van der Waals surface area contributed by atoms with E-state index in [4.69, 9.17) is 4.74 Å². The molecule has 17 heavy (non-hydrogen) atoms. The van der Waals surface area contributed by atoms with Crippen molar-refractivity contribution < 1.29 is 14.6 Å². The van der Waals surface area contributed by atoms with Crippen LogP contribution in [0.5, 0.6) is 11.5 Å². The summed E-state index contributed by atoms with van der Waals surface area (Å²) in [5.74, 6) is 0.614. The van der Waals surface area contributed by atoms with Crippen LogP contribution in [0.1, 0.15) is 46.1 Å². The molecule has 0 amide bonds. The maximum absolute atomic E-state index is 11.7. The van der Waals surface area contributed by atoms with Gasteiger partial charge in [-0.2, -0.15) is 0 Å². The van der Waals surface area contributed by atoms with Gasteiger partial charge in [0, 0.05) is 5.56 Å². The lowest BCUT2D eigenvalue weighted by atomic mass is 9.97. The second-order valence-electron chi connectivity index (χ2n) is 5.51. The van der Waals surface area contributed by atoms with Crippen LogP contribution >= 0.6 is 0 Å². The van der Waals surface area contributed by atoms with Gasteiger partial charge in [0.25, 0.3) is 0 Å². The Morgan fingerprint density at radius 2 is 1.88 bits per heavy atom. The first-order chi connectivity index (χ1) is 7.71. The average Bonchev–Trinajstić information content (AvgIpc) is 2.19. The molecule has 3 heteroatoms. The summed E-state index contributed by atoms with van der Waals surface area (Å²) in [6.45, 7) is 9.37. The van der Waals surface area contributed by atoms with Crippen LogP contribution < -0.4 is 4.74 Å². The van der Waals surface area contributed by atoms with E-state index in [2.05, 4.69) is 0 Å². The molecule has 3 nitrogen and oxygen atoms in total. The van der Waals surface area contributed by atoms with Gasteiger partial charge in [-0.1, -0.05) is 13.8 Å². The number of benzene rings is 1. The fourth-order valence-corrected chi connectivity index (χ4v) is 1.32. The Bertz CT molecular complexity index is 414. The Morgan fingerprint density at radius 1 is 1.29 bits per heavy atom. The second-order valence-corrected chi connectivity index (χ2v) is 5.51. The number of hydrogen-bond donors (Lipinski definition) is 1. The van der Waals surface area contributed by atoms with Crippen LogP contribution in [0.4, 0.5) is 0 Å². The summed E-state index contributed by atoms with van der Waals surface area (Å²) in [4.78, 5) is 11.7. The van der Waals surface area contributed by atoms with E-state index in [1.807, 2.05) is 13.8 Å². The molecule has 0 heterocycles. The van der Waals surface area contributed by atoms with Crippen LogP contribution in [0.2, 0.25) is 0 Å². The van der Waals surface area contributed by atoms with E-state index >= 15 is 0 Å². The molecule has 0 aliphatic rings. The first-order valence-electron chi connectivity index (χ1n) is 5.77. The van der Waals surface area contributed by atoms with Crippen molar-refractivity contribution in [2.75, 3.05) is 0 Å². The van der Waals surface area contributed by atoms with Gasteiger partial charge in [-0.15, -0.1) is 0 Å². The van der Waals surface area contributed by atoms with Crippen molar-refractivity contribution >= 4 is 5.97 Å². The summed E-state index contributed by atoms with van der Waals surface area (Å²) in [5.41, 5.74) is 0.250. The molecular formula is C14H20O3. The van der Waals surface area contributed by atoms with E-state index in [1.165, 1.54) is 0 Å². The standard InChI is InChI=1S/C14H20O3/c1-9(2)11-8-10(6-7-12(11)15)17-13(16)14(3,4)5/h6-9,15H,1-5H3. The predicted molar refractivity (Wildman–Crippen MR) is 67.3 cm³/mol. The largest absolute Gasteiger partial charge is 0.508 e. The molecule has 1 N–H and O–H groups in total. The molecule has 0 saturated carbocycles. The molecule has 1 rings (SSSR count). The van der Waals surface area contributed by atoms with Crippen molar-refractivity contribution in [3.05, 3.63) is 23.8 Å². The van der Waals surface area contributed by atoms with E-state index in [-0.39, 0.29) is 17.6 Å². The molecule has 0 fully saturated rings. The van der Waals surface area contributed by atoms with Crippen LogP contribution in [0, 0.1) is 5.41 Å². The normalized spacial score (nSPS) is 11.6. The highest BCUT2D eigenvalue weighted by molar-refractivity contribution is 5.77. The lowest BCUT2D eigenvalue weighted by Crippen LogP contribution is -2.25. The minimum Gasteiger partial charge on any atom is -0.508 e. The smallest absolute Gasteiger partial charge is 0.316 e. The van der Waals surface area contributed by atoms with Crippen LogP contribution in [-0.2, 0) is 4.79 Å². The third-order valence-electron chi connectivity index (χ3n) is 2.44. The van der Waals surface area contributed by atoms with Crippen molar-refractivity contribution in [3.63, 3.8) is 0 Å². The first-order valence-corrected chi connectivity index (χ1v) is 5.77. The minimum absolute atomic E-state index is 0.184. The highest BCUT2D eigenvalue weighted by Gasteiger charge is 2.24. The van der Waals surface area contributed by atoms with Gasteiger partial charge in [0.1, 0.15) is 11.5 Å². The van der Waals surface area contributed by atoms with Gasteiger partial charge in [-0.05, 0) is 44.9 Å². The molecule has 0 radical (unpaired) electrons. The first kappa shape index (κ1) is 13.6. The Labute approximate surface area is 102 Å². The highest BCUT2D eigenvalue weighted by Crippen LogP contribution is 2.30. The van der Waals surface area contributed by atoms with Crippen LogP contribution in [0.3, 0.4) is 0 Å². The summed E-state index contributed by atoms with van der Waals surface area (Å²) in [5, 5.41) is 9.66. The number of carbonyl (C=O) groups excluding carboxylic acids is 1. The molecule has 0 bridgehead atoms. The molecule has 0 atom stereocenters. The van der Waals surface area contributed by atoms with Crippen LogP contribution in [0.15, 0.2) is 18.2 Å². The van der Waals surface area contributed by atoms with Gasteiger partial charge in [0.2, 0.25) is 0 Å². The molecule has 1 aromatic carbocycles. The molecule has 0 unspecified atom stereocenters. The summed E-state index contributed by atoms with van der Waals surface area (Å²) < 4.78 is 5.27. The Morgan fingerprint density at radius 3 is 2.35 bits per heavy atom. The Balaban J connectivity index is 2.94. The van der Waals surface area contributed by atoms with Crippen molar-refractivity contribution in [3.8, 4) is 11.5 Å². The molecule has 94 valence electrons. The molecule has 0 aliphatic heterocycles. The molecular weight excluding hydrogens is 216 g/mol. The van der Waals surface area contributed by atoms with Gasteiger partial charge in [0.15, 0.2) is 0 Å². The lowest BCUT2D eigenvalue weighted by Gasteiger charge is -2.17. The average molecular weight is 236 g/mol. The van der Waals surface area contributed by atoms with Gasteiger partial charge < -0.3 is 9.84 Å². The number of phenolic OH excluding ortho intramolecular Hbond substituents is 1. The van der Waals surface area contributed by atoms with Crippen molar-refractivity contribution in [2.45, 2.75) is 40.5 Å². The third kappa shape index (κ3) is 3.48. The highest BCUT2D eigenvalue weighted by atomic mass is 16.5. The zero-order chi connectivity index (χ0) is 13.2. The number of phenols is 1. The summed E-state index contributed by atoms with van der Waals surface area (Å²) in [6.07, 6.45) is 0. The fourth-order valence-electron chi connectivity index (χ4n) is 1.32. The van der Waals surface area contributed by atoms with Gasteiger partial charge in [-0.3, -0.25) is 4.79 Å². The van der Waals surface area contributed by atoms with Gasteiger partial charge >= 0.3 is 5.97 Å². The van der Waals surface area contributed by atoms with E-state index in [0.29, 0.717) is 5.75 Å². The maximum atomic E-state index is 11.7. The maximum Gasteiger partial charge on any atom is 0.316 e. The fraction of sp³-hybridized carbons (Fsp3) is 0.500. The molecule has 1 aromatic rings. The topological polar surface area (TPSA) is 46.5 Å². The van der Waals surface area contributed by atoms with Crippen molar-refractivity contribution in [1.82, 2.24) is 0 Å². The zero-order valence-corrected chi connectivity index (χ0v) is 11.1. The number of ether oxygens (including phenoxy) is 1. The van der Waals surface area contributed by atoms with Crippen molar-refractivity contribution in [1.29, 1.82) is 0 Å². The van der Waals surface area contributed by atoms with Crippen LogP contribution in [0.25, 0.3) is 0 Å². The lowest BCUT2D eigenvalue weighted by molar-refractivity contribution is -0.143. The Hall–Kier alpha value is -1.51. The van der Waals surface area contributed by atoms with Crippen molar-refractivity contribution in [2.24, 2.45) is 5.41 Å². The second kappa shape index (κ2) is 4.78. The number of carbonyl (C=O) groups is 1. The molecule has 0 aliphatic carbocycles. The summed E-state index contributed by atoms with van der Waals surface area (Å²) in [6, 6.07) is 4.87. The van der Waals surface area contributed by atoms with E-state index < -0.39 is 5.41 Å². The molecule has 0 spiro atoms. The van der Waals surface area contributed by atoms with Crippen LogP contribution in [-0.4, -0.2) is 11.1 Å². The summed E-state index contributed by atoms with van der Waals surface area (Å²) >= 11 is 0. The van der Waals surface area contributed by atoms with Gasteiger partial charge in [0.05, 0.1) is 5.41 Å². The monoisotopic (exact) mass is 236 g/mol. The Kier molecular flexibility index (Phi) is 3.81. The zero-order valence-electron chi connectivity index (χ0n) is 11.1. The van der Waals surface area contributed by atoms with Gasteiger partial charge in [-0.25, -0.2) is 0 Å². The third-order valence-corrected chi connectivity index (χ3v) is 2.44. The number of hydrogen-bond acceptors (Lipinski definition) is 3.